The molecule has 1 saturated carbocycles. The van der Waals surface area contributed by atoms with Crippen LogP contribution < -0.4 is 10.6 Å². The summed E-state index contributed by atoms with van der Waals surface area (Å²) in [5.41, 5.74) is 0.161. The Balaban J connectivity index is 1.69. The Morgan fingerprint density at radius 3 is 2.67 bits per heavy atom. The Kier molecular flexibility index (Phi) is 1.83. The first kappa shape index (κ1) is 8.05. The van der Waals surface area contributed by atoms with Crippen LogP contribution in [0.1, 0.15) is 26.2 Å². The minimum absolute atomic E-state index is 0.161. The third-order valence-corrected chi connectivity index (χ3v) is 2.78. The summed E-state index contributed by atoms with van der Waals surface area (Å²) in [4.78, 5) is 11.4. The maximum absolute atomic E-state index is 11.4. The maximum atomic E-state index is 11.4. The van der Waals surface area contributed by atoms with Crippen LogP contribution in [0.3, 0.4) is 0 Å². The molecule has 3 heteroatoms. The van der Waals surface area contributed by atoms with E-state index in [4.69, 9.17) is 0 Å². The van der Waals surface area contributed by atoms with Crippen LogP contribution in [-0.4, -0.2) is 24.5 Å². The topological polar surface area (TPSA) is 41.1 Å². The van der Waals surface area contributed by atoms with Crippen molar-refractivity contribution in [1.82, 2.24) is 10.6 Å². The number of rotatable bonds is 3. The average Bonchev–Trinajstić information content (AvgIpc) is 2.59. The van der Waals surface area contributed by atoms with Gasteiger partial charge in [-0.15, -0.1) is 0 Å². The fourth-order valence-corrected chi connectivity index (χ4v) is 1.46. The summed E-state index contributed by atoms with van der Waals surface area (Å²) in [5, 5.41) is 6.23. The molecule has 2 N–H and O–H groups in total. The van der Waals surface area contributed by atoms with Crippen molar-refractivity contribution in [2.24, 2.45) is 5.92 Å². The molecule has 2 fully saturated rings. The van der Waals surface area contributed by atoms with Crippen molar-refractivity contribution in [3.63, 3.8) is 0 Å². The van der Waals surface area contributed by atoms with E-state index < -0.39 is 0 Å². The first-order valence-electron chi connectivity index (χ1n) is 4.70. The lowest BCUT2D eigenvalue weighted by atomic mass is 9.99. The number of nitrogens with one attached hydrogen (secondary N) is 2. The van der Waals surface area contributed by atoms with Crippen molar-refractivity contribution in [3.05, 3.63) is 0 Å². The van der Waals surface area contributed by atoms with E-state index in [0.717, 1.165) is 25.9 Å². The van der Waals surface area contributed by atoms with Crippen molar-refractivity contribution in [2.45, 2.75) is 31.7 Å². The Morgan fingerprint density at radius 1 is 1.58 bits per heavy atom. The van der Waals surface area contributed by atoms with Crippen LogP contribution in [0, 0.1) is 5.92 Å². The molecule has 1 aliphatic carbocycles. The van der Waals surface area contributed by atoms with Gasteiger partial charge in [-0.1, -0.05) is 0 Å². The van der Waals surface area contributed by atoms with E-state index in [2.05, 4.69) is 17.6 Å². The Morgan fingerprint density at radius 2 is 2.25 bits per heavy atom. The second kappa shape index (κ2) is 2.73. The van der Waals surface area contributed by atoms with Gasteiger partial charge >= 0.3 is 0 Å². The van der Waals surface area contributed by atoms with Crippen LogP contribution in [0.4, 0.5) is 0 Å². The molecule has 68 valence electrons. The van der Waals surface area contributed by atoms with Crippen molar-refractivity contribution in [1.29, 1.82) is 0 Å². The van der Waals surface area contributed by atoms with Gasteiger partial charge in [0.15, 0.2) is 0 Å². The molecule has 0 aromatic rings. The largest absolute Gasteiger partial charge is 0.351 e. The molecule has 2 aliphatic rings. The van der Waals surface area contributed by atoms with Crippen molar-refractivity contribution in [2.75, 3.05) is 13.1 Å². The molecular formula is C9H16N2O. The number of carbonyl (C=O) groups excluding carboxylic acids is 1. The van der Waals surface area contributed by atoms with E-state index in [1.165, 1.54) is 0 Å². The van der Waals surface area contributed by atoms with Gasteiger partial charge in [0, 0.05) is 12.0 Å². The lowest BCUT2D eigenvalue weighted by Crippen LogP contribution is -2.45. The number of hydrogen-bond acceptors (Lipinski definition) is 2. The summed E-state index contributed by atoms with van der Waals surface area (Å²) in [6.45, 7) is 4.15. The van der Waals surface area contributed by atoms with E-state index in [-0.39, 0.29) is 11.4 Å². The van der Waals surface area contributed by atoms with Gasteiger partial charge in [-0.2, -0.15) is 0 Å². The van der Waals surface area contributed by atoms with Crippen LogP contribution in [-0.2, 0) is 4.79 Å². The van der Waals surface area contributed by atoms with Gasteiger partial charge in [0.1, 0.15) is 0 Å². The zero-order valence-electron chi connectivity index (χ0n) is 7.52. The van der Waals surface area contributed by atoms with Crippen LogP contribution in [0.5, 0.6) is 0 Å². The minimum Gasteiger partial charge on any atom is -0.351 e. The summed E-state index contributed by atoms with van der Waals surface area (Å²) in [7, 11) is 0. The fraction of sp³-hybridized carbons (Fsp3) is 0.889. The molecule has 0 unspecified atom stereocenters. The second-order valence-corrected chi connectivity index (χ2v) is 4.34. The van der Waals surface area contributed by atoms with E-state index in [9.17, 15) is 4.79 Å². The van der Waals surface area contributed by atoms with E-state index in [0.29, 0.717) is 12.3 Å². The van der Waals surface area contributed by atoms with Gasteiger partial charge in [-0.25, -0.2) is 0 Å². The van der Waals surface area contributed by atoms with Gasteiger partial charge in [-0.05, 0) is 38.8 Å². The number of carbonyl (C=O) groups is 1. The van der Waals surface area contributed by atoms with Crippen molar-refractivity contribution >= 4 is 5.91 Å². The normalized spacial score (nSPS) is 26.1. The highest BCUT2D eigenvalue weighted by atomic mass is 16.1. The molecule has 0 aromatic carbocycles. The first-order chi connectivity index (χ1) is 5.68. The standard InChI is InChI=1S/C9H16N2O/c1-9(2-3-9)11-8(12)4-7-5-10-6-7/h7,10H,2-6H2,1H3,(H,11,12). The smallest absolute Gasteiger partial charge is 0.220 e. The van der Waals surface area contributed by atoms with Crippen LogP contribution >= 0.6 is 0 Å². The number of hydrogen-bond donors (Lipinski definition) is 2. The van der Waals surface area contributed by atoms with Crippen LogP contribution in [0.25, 0.3) is 0 Å². The van der Waals surface area contributed by atoms with Crippen LogP contribution in [0.2, 0.25) is 0 Å². The molecule has 0 atom stereocenters. The van der Waals surface area contributed by atoms with Gasteiger partial charge in [0.2, 0.25) is 5.91 Å². The molecule has 1 aliphatic heterocycles. The zero-order chi connectivity index (χ0) is 8.60. The summed E-state index contributed by atoms with van der Waals surface area (Å²) in [6, 6.07) is 0. The first-order valence-corrected chi connectivity index (χ1v) is 4.70. The minimum atomic E-state index is 0.161. The Hall–Kier alpha value is -0.570. The van der Waals surface area contributed by atoms with Gasteiger partial charge in [-0.3, -0.25) is 4.79 Å². The summed E-state index contributed by atoms with van der Waals surface area (Å²) in [6.07, 6.45) is 3.02. The molecule has 2 rings (SSSR count). The zero-order valence-corrected chi connectivity index (χ0v) is 7.52. The van der Waals surface area contributed by atoms with Gasteiger partial charge < -0.3 is 10.6 Å². The van der Waals surface area contributed by atoms with E-state index in [1.54, 1.807) is 0 Å². The highest BCUT2D eigenvalue weighted by molar-refractivity contribution is 5.77. The van der Waals surface area contributed by atoms with Gasteiger partial charge in [0.25, 0.3) is 0 Å². The molecule has 1 saturated heterocycles. The molecule has 1 heterocycles. The second-order valence-electron chi connectivity index (χ2n) is 4.34. The predicted octanol–water partition coefficient (Wildman–Crippen LogP) is 0.265. The molecule has 0 aromatic heterocycles. The molecule has 1 amide bonds. The van der Waals surface area contributed by atoms with E-state index in [1.807, 2.05) is 0 Å². The van der Waals surface area contributed by atoms with Gasteiger partial charge in [0.05, 0.1) is 0 Å². The lowest BCUT2D eigenvalue weighted by molar-refractivity contribution is -0.123. The quantitative estimate of drug-likeness (QED) is 0.635. The third kappa shape index (κ3) is 1.78. The SMILES string of the molecule is CC1(NC(=O)CC2CNC2)CC1. The highest BCUT2D eigenvalue weighted by Crippen LogP contribution is 2.34. The molecule has 0 radical (unpaired) electrons. The van der Waals surface area contributed by atoms with Crippen molar-refractivity contribution < 1.29 is 4.79 Å². The molecule has 3 nitrogen and oxygen atoms in total. The lowest BCUT2D eigenvalue weighted by Gasteiger charge is -2.26. The third-order valence-electron chi connectivity index (χ3n) is 2.78. The molecule has 0 bridgehead atoms. The molecule has 12 heavy (non-hydrogen) atoms. The fourth-order valence-electron chi connectivity index (χ4n) is 1.46. The Labute approximate surface area is 72.9 Å². The van der Waals surface area contributed by atoms with Crippen LogP contribution in [0.15, 0.2) is 0 Å². The predicted molar refractivity (Wildman–Crippen MR) is 46.8 cm³/mol. The summed E-state index contributed by atoms with van der Waals surface area (Å²) >= 11 is 0. The summed E-state index contributed by atoms with van der Waals surface area (Å²) < 4.78 is 0. The monoisotopic (exact) mass is 168 g/mol. The molecular weight excluding hydrogens is 152 g/mol. The van der Waals surface area contributed by atoms with Crippen molar-refractivity contribution in [3.8, 4) is 0 Å². The Bertz CT molecular complexity index is 195. The molecule has 0 spiro atoms. The maximum Gasteiger partial charge on any atom is 0.220 e. The summed E-state index contributed by atoms with van der Waals surface area (Å²) in [5.74, 6) is 0.828. The highest BCUT2D eigenvalue weighted by Gasteiger charge is 2.38. The average molecular weight is 168 g/mol. The van der Waals surface area contributed by atoms with E-state index >= 15 is 0 Å². The number of amides is 1.